The molecule has 4 aliphatic heterocycles. The van der Waals surface area contributed by atoms with Gasteiger partial charge in [0.15, 0.2) is 17.4 Å². The van der Waals surface area contributed by atoms with Gasteiger partial charge in [-0.1, -0.05) is 11.8 Å². The molecule has 0 radical (unpaired) electrons. The van der Waals surface area contributed by atoms with Crippen molar-refractivity contribution < 1.29 is 24.1 Å². The number of pyridine rings is 1. The smallest absolute Gasteiger partial charge is 0.175 e. The lowest BCUT2D eigenvalue weighted by Gasteiger charge is -2.42. The second kappa shape index (κ2) is 10.9. The summed E-state index contributed by atoms with van der Waals surface area (Å²) in [4.78, 5) is 19.9. The van der Waals surface area contributed by atoms with E-state index in [-0.39, 0.29) is 12.2 Å². The van der Waals surface area contributed by atoms with Crippen molar-refractivity contribution in [3.05, 3.63) is 24.2 Å². The number of methoxy groups -OCH3 is 1. The van der Waals surface area contributed by atoms with Gasteiger partial charge in [0, 0.05) is 38.9 Å². The Balaban J connectivity index is 1.03. The van der Waals surface area contributed by atoms with Crippen molar-refractivity contribution in [1.82, 2.24) is 15.0 Å². The van der Waals surface area contributed by atoms with Gasteiger partial charge in [-0.05, 0) is 56.4 Å². The minimum absolute atomic E-state index is 0.141. The van der Waals surface area contributed by atoms with E-state index >= 15 is 0 Å². The second-order valence-electron chi connectivity index (χ2n) is 12.2. The minimum Gasteiger partial charge on any atom is -0.486 e. The highest BCUT2D eigenvalue weighted by molar-refractivity contribution is 7.99. The van der Waals surface area contributed by atoms with E-state index in [4.69, 9.17) is 28.9 Å². The zero-order valence-electron chi connectivity index (χ0n) is 23.2. The normalized spacial score (nSPS) is 26.1. The highest BCUT2D eigenvalue weighted by Gasteiger charge is 2.53. The van der Waals surface area contributed by atoms with Crippen LogP contribution in [0.2, 0.25) is 0 Å². The van der Waals surface area contributed by atoms with Crippen molar-refractivity contribution >= 4 is 23.4 Å². The van der Waals surface area contributed by atoms with Gasteiger partial charge in [-0.2, -0.15) is 0 Å². The third kappa shape index (κ3) is 4.93. The van der Waals surface area contributed by atoms with Gasteiger partial charge in [0.05, 0.1) is 42.6 Å². The lowest BCUT2D eigenvalue weighted by molar-refractivity contribution is -0.0571. The molecular formula is C29H39N5O5S. The summed E-state index contributed by atoms with van der Waals surface area (Å²) in [5, 5.41) is 11.0. The quantitative estimate of drug-likeness (QED) is 0.372. The largest absolute Gasteiger partial charge is 0.486 e. The number of hydrogen-bond donors (Lipinski definition) is 1. The molecule has 1 aliphatic carbocycles. The Morgan fingerprint density at radius 1 is 1.18 bits per heavy atom. The van der Waals surface area contributed by atoms with Gasteiger partial charge in [-0.15, -0.1) is 0 Å². The molecule has 2 aromatic heterocycles. The van der Waals surface area contributed by atoms with E-state index in [1.807, 2.05) is 18.5 Å². The second-order valence-corrected chi connectivity index (χ2v) is 13.2. The Morgan fingerprint density at radius 3 is 2.80 bits per heavy atom. The standard InChI is InChI=1S/C29H39N5O5S/c1-36-19-37-15-20-11-21-16-38-25-23(3-8-30-27(25)34(21)13-20)40-24-12-31-26(22(14-35)32-24)33-9-6-28(7-10-33)17-29(39-18-28)4-2-5-29/h3,8,12,20-21,35H,2,4-7,9-11,13-19H2,1H3/t20-,21-/m0/s1. The van der Waals surface area contributed by atoms with Gasteiger partial charge < -0.3 is 33.9 Å². The average Bonchev–Trinajstić information content (AvgIpc) is 3.56. The van der Waals surface area contributed by atoms with E-state index in [9.17, 15) is 5.11 Å². The molecule has 5 aliphatic rings. The van der Waals surface area contributed by atoms with Crippen LogP contribution in [-0.2, 0) is 20.8 Å². The van der Waals surface area contributed by atoms with Gasteiger partial charge in [0.1, 0.15) is 24.1 Å². The third-order valence-corrected chi connectivity index (χ3v) is 10.5. The fourth-order valence-electron chi connectivity index (χ4n) is 7.30. The zero-order valence-corrected chi connectivity index (χ0v) is 24.0. The van der Waals surface area contributed by atoms with E-state index in [1.165, 1.54) is 37.4 Å². The van der Waals surface area contributed by atoms with Gasteiger partial charge in [-0.25, -0.2) is 15.0 Å². The van der Waals surface area contributed by atoms with Crippen molar-refractivity contribution in [1.29, 1.82) is 0 Å². The molecule has 4 fully saturated rings. The highest BCUT2D eigenvalue weighted by Crippen LogP contribution is 2.54. The van der Waals surface area contributed by atoms with Crippen LogP contribution in [0.4, 0.5) is 11.6 Å². The van der Waals surface area contributed by atoms with E-state index in [0.717, 1.165) is 72.8 Å². The topological polar surface area (TPSA) is 102 Å². The molecular weight excluding hydrogens is 530 g/mol. The first-order chi connectivity index (χ1) is 19.6. The molecule has 1 N–H and O–H groups in total. The monoisotopic (exact) mass is 569 g/mol. The van der Waals surface area contributed by atoms with Crippen LogP contribution in [0.25, 0.3) is 0 Å². The van der Waals surface area contributed by atoms with Crippen LogP contribution in [0.1, 0.15) is 50.6 Å². The van der Waals surface area contributed by atoms with Crippen LogP contribution in [0, 0.1) is 11.3 Å². The van der Waals surface area contributed by atoms with E-state index < -0.39 is 0 Å². The SMILES string of the molecule is COCOC[C@H]1C[C@H]2COc3c(Sc4cnc(N5CCC6(CC5)COC5(CCC5)C6)c(CO)n4)ccnc3N2C1. The number of aromatic nitrogens is 3. The molecule has 10 nitrogen and oxygen atoms in total. The predicted molar refractivity (Wildman–Crippen MR) is 150 cm³/mol. The van der Waals surface area contributed by atoms with Crippen molar-refractivity contribution in [2.45, 2.75) is 73.1 Å². The highest BCUT2D eigenvalue weighted by atomic mass is 32.2. The number of fused-ring (bicyclic) bond motifs is 3. The molecule has 40 heavy (non-hydrogen) atoms. The number of rotatable bonds is 8. The number of aliphatic hydroxyl groups is 1. The zero-order chi connectivity index (χ0) is 27.2. The molecule has 1 saturated carbocycles. The first kappa shape index (κ1) is 26.7. The number of piperidine rings is 1. The molecule has 2 atom stereocenters. The molecule has 2 aromatic rings. The summed E-state index contributed by atoms with van der Waals surface area (Å²) in [6.07, 6.45) is 11.9. The molecule has 0 aromatic carbocycles. The Hall–Kier alpha value is -2.18. The number of hydrogen-bond acceptors (Lipinski definition) is 11. The summed E-state index contributed by atoms with van der Waals surface area (Å²) in [5.74, 6) is 2.89. The lowest BCUT2D eigenvalue weighted by Crippen LogP contribution is -2.43. The van der Waals surface area contributed by atoms with Crippen LogP contribution >= 0.6 is 11.8 Å². The van der Waals surface area contributed by atoms with Crippen molar-refractivity contribution in [3.8, 4) is 5.75 Å². The van der Waals surface area contributed by atoms with Crippen LogP contribution in [0.3, 0.4) is 0 Å². The number of nitrogens with zero attached hydrogens (tertiary/aromatic N) is 5. The van der Waals surface area contributed by atoms with Gasteiger partial charge in [-0.3, -0.25) is 0 Å². The maximum absolute atomic E-state index is 10.2. The van der Waals surface area contributed by atoms with Crippen LogP contribution in [0.5, 0.6) is 5.75 Å². The number of aliphatic hydroxyl groups excluding tert-OH is 1. The third-order valence-electron chi connectivity index (χ3n) is 9.53. The number of anilines is 2. The van der Waals surface area contributed by atoms with Gasteiger partial charge >= 0.3 is 0 Å². The maximum atomic E-state index is 10.2. The van der Waals surface area contributed by atoms with Crippen LogP contribution in [-0.4, -0.2) is 85.1 Å². The van der Waals surface area contributed by atoms with Crippen LogP contribution < -0.4 is 14.5 Å². The van der Waals surface area contributed by atoms with Gasteiger partial charge in [0.2, 0.25) is 0 Å². The van der Waals surface area contributed by atoms with E-state index in [0.29, 0.717) is 43.1 Å². The summed E-state index contributed by atoms with van der Waals surface area (Å²) in [7, 11) is 1.64. The van der Waals surface area contributed by atoms with Crippen molar-refractivity contribution in [3.63, 3.8) is 0 Å². The molecule has 7 rings (SSSR count). The van der Waals surface area contributed by atoms with Gasteiger partial charge in [0.25, 0.3) is 0 Å². The molecule has 0 unspecified atom stereocenters. The first-order valence-corrected chi connectivity index (χ1v) is 15.4. The Kier molecular flexibility index (Phi) is 7.28. The molecule has 216 valence electrons. The molecule has 0 bridgehead atoms. The van der Waals surface area contributed by atoms with E-state index in [1.54, 1.807) is 7.11 Å². The average molecular weight is 570 g/mol. The summed E-state index contributed by atoms with van der Waals surface area (Å²) in [6.45, 7) is 5.11. The molecule has 2 spiro atoms. The summed E-state index contributed by atoms with van der Waals surface area (Å²) < 4.78 is 23.2. The molecule has 0 amide bonds. The maximum Gasteiger partial charge on any atom is 0.175 e. The Bertz CT molecular complexity index is 1220. The molecule has 6 heterocycles. The van der Waals surface area contributed by atoms with Crippen molar-refractivity contribution in [2.75, 3.05) is 63.2 Å². The minimum atomic E-state index is -0.141. The van der Waals surface area contributed by atoms with Crippen molar-refractivity contribution in [2.24, 2.45) is 11.3 Å². The van der Waals surface area contributed by atoms with E-state index in [2.05, 4.69) is 14.8 Å². The number of ether oxygens (including phenoxy) is 4. The molecule has 11 heteroatoms. The Morgan fingerprint density at radius 2 is 2.05 bits per heavy atom. The predicted octanol–water partition coefficient (Wildman–Crippen LogP) is 3.65. The summed E-state index contributed by atoms with van der Waals surface area (Å²) in [5.41, 5.74) is 1.12. The summed E-state index contributed by atoms with van der Waals surface area (Å²) >= 11 is 1.51. The first-order valence-electron chi connectivity index (χ1n) is 14.6. The fourth-order valence-corrected chi connectivity index (χ4v) is 8.16. The fraction of sp³-hybridized carbons (Fsp3) is 0.690. The Labute approximate surface area is 239 Å². The molecule has 3 saturated heterocycles. The summed E-state index contributed by atoms with van der Waals surface area (Å²) in [6, 6.07) is 2.27. The van der Waals surface area contributed by atoms with Crippen LogP contribution in [0.15, 0.2) is 28.4 Å². The lowest BCUT2D eigenvalue weighted by atomic mass is 9.68.